The molecule has 2 aromatic carbocycles. The van der Waals surface area contributed by atoms with Crippen LogP contribution in [-0.2, 0) is 9.53 Å². The Morgan fingerprint density at radius 2 is 2.00 bits per heavy atom. The van der Waals surface area contributed by atoms with Gasteiger partial charge in [-0.15, -0.1) is 10.2 Å². The lowest BCUT2D eigenvalue weighted by molar-refractivity contribution is -0.115. The van der Waals surface area contributed by atoms with E-state index in [1.165, 1.54) is 23.8 Å². The molecule has 7 nitrogen and oxygen atoms in total. The number of esters is 1. The van der Waals surface area contributed by atoms with E-state index in [9.17, 15) is 9.59 Å². The fourth-order valence-electron chi connectivity index (χ4n) is 2.53. The first kappa shape index (κ1) is 19.9. The molecular formula is C19H17ClN4O3S. The van der Waals surface area contributed by atoms with Gasteiger partial charge in [-0.2, -0.15) is 0 Å². The van der Waals surface area contributed by atoms with Crippen molar-refractivity contribution in [3.05, 3.63) is 65.4 Å². The highest BCUT2D eigenvalue weighted by Crippen LogP contribution is 2.24. The summed E-state index contributed by atoms with van der Waals surface area (Å²) in [6.07, 6.45) is 1.56. The highest BCUT2D eigenvalue weighted by Gasteiger charge is 2.20. The lowest BCUT2D eigenvalue weighted by atomic mass is 10.1. The number of thioether (sulfide) groups is 1. The van der Waals surface area contributed by atoms with Gasteiger partial charge in [0.2, 0.25) is 5.91 Å². The van der Waals surface area contributed by atoms with Crippen LogP contribution in [0.15, 0.2) is 60.0 Å². The number of methoxy groups -OCH3 is 1. The van der Waals surface area contributed by atoms with Crippen LogP contribution < -0.4 is 4.90 Å². The normalized spacial score (nSPS) is 10.5. The van der Waals surface area contributed by atoms with Gasteiger partial charge in [0.05, 0.1) is 29.8 Å². The van der Waals surface area contributed by atoms with Crippen LogP contribution in [-0.4, -0.2) is 46.6 Å². The molecule has 0 atom stereocenters. The zero-order chi connectivity index (χ0) is 20.1. The quantitative estimate of drug-likeness (QED) is 0.452. The zero-order valence-electron chi connectivity index (χ0n) is 15.2. The Kier molecular flexibility index (Phi) is 6.33. The molecule has 0 saturated carbocycles. The molecule has 3 rings (SSSR count). The Morgan fingerprint density at radius 1 is 1.21 bits per heavy atom. The number of aromatic nitrogens is 3. The Balaban J connectivity index is 1.74. The van der Waals surface area contributed by atoms with E-state index >= 15 is 0 Å². The molecule has 0 saturated heterocycles. The third-order valence-corrected chi connectivity index (χ3v) is 5.14. The minimum atomic E-state index is -0.497. The van der Waals surface area contributed by atoms with E-state index in [2.05, 4.69) is 10.2 Å². The summed E-state index contributed by atoms with van der Waals surface area (Å²) in [5.41, 5.74) is 1.61. The van der Waals surface area contributed by atoms with Crippen molar-refractivity contribution in [1.82, 2.24) is 14.8 Å². The maximum atomic E-state index is 12.7. The van der Waals surface area contributed by atoms with E-state index in [4.69, 9.17) is 16.3 Å². The number of benzene rings is 2. The number of carbonyl (C=O) groups excluding carboxylic acids is 2. The SMILES string of the molecule is COC(=O)c1ccccc1N(C)C(=O)CSc1nncn1-c1cccc(Cl)c1. The van der Waals surface area contributed by atoms with Crippen LogP contribution in [0.2, 0.25) is 5.02 Å². The molecule has 0 aliphatic heterocycles. The minimum Gasteiger partial charge on any atom is -0.465 e. The van der Waals surface area contributed by atoms with Crippen molar-refractivity contribution in [2.24, 2.45) is 0 Å². The van der Waals surface area contributed by atoms with Crippen LogP contribution in [0.1, 0.15) is 10.4 Å². The minimum absolute atomic E-state index is 0.116. The lowest BCUT2D eigenvalue weighted by Gasteiger charge is -2.19. The molecular weight excluding hydrogens is 400 g/mol. The van der Waals surface area contributed by atoms with Gasteiger partial charge in [0, 0.05) is 12.1 Å². The maximum Gasteiger partial charge on any atom is 0.339 e. The first-order chi connectivity index (χ1) is 13.5. The highest BCUT2D eigenvalue weighted by molar-refractivity contribution is 7.99. The molecule has 1 heterocycles. The summed E-state index contributed by atoms with van der Waals surface area (Å²) < 4.78 is 6.54. The summed E-state index contributed by atoms with van der Waals surface area (Å²) in [5.74, 6) is -0.573. The average Bonchev–Trinajstić information content (AvgIpc) is 3.19. The molecule has 0 spiro atoms. The molecule has 3 aromatic rings. The first-order valence-corrected chi connectivity index (χ1v) is 9.60. The number of para-hydroxylation sites is 1. The zero-order valence-corrected chi connectivity index (χ0v) is 16.8. The molecule has 28 heavy (non-hydrogen) atoms. The number of nitrogens with zero attached hydrogens (tertiary/aromatic N) is 4. The molecule has 144 valence electrons. The molecule has 1 amide bonds. The van der Waals surface area contributed by atoms with Crippen LogP contribution in [0.3, 0.4) is 0 Å². The van der Waals surface area contributed by atoms with Crippen molar-refractivity contribution in [3.8, 4) is 5.69 Å². The van der Waals surface area contributed by atoms with Gasteiger partial charge in [-0.05, 0) is 30.3 Å². The third-order valence-electron chi connectivity index (χ3n) is 3.97. The number of halogens is 1. The van der Waals surface area contributed by atoms with E-state index in [1.54, 1.807) is 54.3 Å². The predicted octanol–water partition coefficient (Wildman–Crippen LogP) is 3.46. The Bertz CT molecular complexity index is 1010. The lowest BCUT2D eigenvalue weighted by Crippen LogP contribution is -2.29. The molecule has 0 bridgehead atoms. The number of hydrogen-bond donors (Lipinski definition) is 0. The van der Waals surface area contributed by atoms with Gasteiger partial charge >= 0.3 is 5.97 Å². The highest BCUT2D eigenvalue weighted by atomic mass is 35.5. The van der Waals surface area contributed by atoms with Crippen LogP contribution in [0.25, 0.3) is 5.69 Å². The first-order valence-electron chi connectivity index (χ1n) is 8.24. The van der Waals surface area contributed by atoms with Gasteiger partial charge in [0.15, 0.2) is 5.16 Å². The smallest absolute Gasteiger partial charge is 0.339 e. The molecule has 0 fully saturated rings. The van der Waals surface area contributed by atoms with Crippen LogP contribution in [0.4, 0.5) is 5.69 Å². The van der Waals surface area contributed by atoms with Gasteiger partial charge in [-0.25, -0.2) is 4.79 Å². The Morgan fingerprint density at radius 3 is 2.75 bits per heavy atom. The number of amides is 1. The molecule has 0 unspecified atom stereocenters. The van der Waals surface area contributed by atoms with Crippen molar-refractivity contribution in [2.75, 3.05) is 24.8 Å². The van der Waals surface area contributed by atoms with Crippen molar-refractivity contribution in [2.45, 2.75) is 5.16 Å². The summed E-state index contributed by atoms with van der Waals surface area (Å²) in [7, 11) is 2.92. The number of hydrogen-bond acceptors (Lipinski definition) is 6. The summed E-state index contributed by atoms with van der Waals surface area (Å²) in [6, 6.07) is 14.1. The number of ether oxygens (including phenoxy) is 1. The topological polar surface area (TPSA) is 77.3 Å². The third kappa shape index (κ3) is 4.35. The van der Waals surface area contributed by atoms with Crippen LogP contribution in [0.5, 0.6) is 0 Å². The second-order valence-corrected chi connectivity index (χ2v) is 7.09. The van der Waals surface area contributed by atoms with E-state index in [0.29, 0.717) is 21.4 Å². The number of anilines is 1. The Labute approximate surface area is 171 Å². The molecule has 0 N–H and O–H groups in total. The monoisotopic (exact) mass is 416 g/mol. The number of rotatable bonds is 6. The maximum absolute atomic E-state index is 12.7. The van der Waals surface area contributed by atoms with Crippen LogP contribution in [0, 0.1) is 0 Å². The molecule has 9 heteroatoms. The van der Waals surface area contributed by atoms with Gasteiger partial charge < -0.3 is 9.64 Å². The summed E-state index contributed by atoms with van der Waals surface area (Å²) in [4.78, 5) is 26.0. The van der Waals surface area contributed by atoms with Gasteiger partial charge in [-0.1, -0.05) is 41.6 Å². The summed E-state index contributed by atoms with van der Waals surface area (Å²) in [5, 5.41) is 9.15. The predicted molar refractivity (Wildman–Crippen MR) is 108 cm³/mol. The summed E-state index contributed by atoms with van der Waals surface area (Å²) >= 11 is 7.29. The van der Waals surface area contributed by atoms with E-state index in [0.717, 1.165) is 5.69 Å². The van der Waals surface area contributed by atoms with Crippen molar-refractivity contribution < 1.29 is 14.3 Å². The second kappa shape index (κ2) is 8.90. The van der Waals surface area contributed by atoms with Crippen molar-refractivity contribution in [1.29, 1.82) is 0 Å². The van der Waals surface area contributed by atoms with E-state index < -0.39 is 5.97 Å². The molecule has 0 aliphatic carbocycles. The van der Waals surface area contributed by atoms with Gasteiger partial charge in [-0.3, -0.25) is 9.36 Å². The van der Waals surface area contributed by atoms with Crippen LogP contribution >= 0.6 is 23.4 Å². The fraction of sp³-hybridized carbons (Fsp3) is 0.158. The van der Waals surface area contributed by atoms with E-state index in [-0.39, 0.29) is 11.7 Å². The standard InChI is InChI=1S/C19H17ClN4O3S/c1-23(16-9-4-3-8-15(16)18(26)27-2)17(25)11-28-19-22-21-12-24(19)14-7-5-6-13(20)10-14/h3-10,12H,11H2,1-2H3. The van der Waals surface area contributed by atoms with Gasteiger partial charge in [0.25, 0.3) is 0 Å². The largest absolute Gasteiger partial charge is 0.465 e. The Hall–Kier alpha value is -2.84. The average molecular weight is 417 g/mol. The van der Waals surface area contributed by atoms with Gasteiger partial charge in [0.1, 0.15) is 6.33 Å². The fourth-order valence-corrected chi connectivity index (χ4v) is 3.56. The van der Waals surface area contributed by atoms with Crippen molar-refractivity contribution >= 4 is 40.9 Å². The molecule has 1 aromatic heterocycles. The molecule has 0 aliphatic rings. The second-order valence-electron chi connectivity index (χ2n) is 5.71. The summed E-state index contributed by atoms with van der Waals surface area (Å²) in [6.45, 7) is 0. The van der Waals surface area contributed by atoms with Crippen molar-refractivity contribution in [3.63, 3.8) is 0 Å². The molecule has 0 radical (unpaired) electrons. The number of carbonyl (C=O) groups is 2. The van der Waals surface area contributed by atoms with E-state index in [1.807, 2.05) is 12.1 Å².